The van der Waals surface area contributed by atoms with Crippen LogP contribution in [0.2, 0.25) is 0 Å². The number of likely N-dealkylation sites (N-methyl/N-ethyl adjacent to an activating group) is 2. The molecular weight excluding hydrogens is 502 g/mol. The molecule has 4 rings (SSSR count). The highest BCUT2D eigenvalue weighted by atomic mass is 16.5. The van der Waals surface area contributed by atoms with Crippen molar-refractivity contribution < 1.29 is 23.9 Å². The van der Waals surface area contributed by atoms with Gasteiger partial charge in [0.2, 0.25) is 11.8 Å². The number of pyridine rings is 1. The fourth-order valence-corrected chi connectivity index (χ4v) is 4.82. The summed E-state index contributed by atoms with van der Waals surface area (Å²) in [4.78, 5) is 61.8. The monoisotopic (exact) mass is 537 g/mol. The fraction of sp³-hybridized carbons (Fsp3) is 0.444. The van der Waals surface area contributed by atoms with E-state index in [2.05, 4.69) is 10.3 Å². The third-order valence-corrected chi connectivity index (χ3v) is 7.02. The lowest BCUT2D eigenvalue weighted by Crippen LogP contribution is -2.50. The number of hydrogen-bond acceptors (Lipinski definition) is 7. The molecule has 2 aromatic rings. The van der Waals surface area contributed by atoms with Gasteiger partial charge in [0.05, 0.1) is 30.7 Å². The molecule has 0 unspecified atom stereocenters. The van der Waals surface area contributed by atoms with Gasteiger partial charge < -0.3 is 35.4 Å². The van der Waals surface area contributed by atoms with Crippen molar-refractivity contribution in [1.29, 1.82) is 0 Å². The Hall–Kier alpha value is -4.19. The Bertz CT molecular complexity index is 1240. The van der Waals surface area contributed by atoms with Gasteiger partial charge in [-0.15, -0.1) is 0 Å². The minimum Gasteiger partial charge on any atom is -0.491 e. The molecule has 0 radical (unpaired) electrons. The number of nitrogens with one attached hydrogen (secondary N) is 1. The molecule has 0 saturated carbocycles. The second-order valence-corrected chi connectivity index (χ2v) is 10.1. The minimum absolute atomic E-state index is 0.113. The summed E-state index contributed by atoms with van der Waals surface area (Å²) in [6, 6.07) is 7.98. The van der Waals surface area contributed by atoms with E-state index >= 15 is 0 Å². The topological polar surface area (TPSA) is 141 Å². The molecule has 2 atom stereocenters. The van der Waals surface area contributed by atoms with Crippen LogP contribution in [-0.2, 0) is 9.59 Å². The van der Waals surface area contributed by atoms with Gasteiger partial charge in [0.25, 0.3) is 5.91 Å². The molecule has 1 aromatic carbocycles. The van der Waals surface area contributed by atoms with Crippen molar-refractivity contribution in [2.75, 3.05) is 60.5 Å². The molecule has 2 aliphatic rings. The van der Waals surface area contributed by atoms with Crippen molar-refractivity contribution in [3.05, 3.63) is 48.3 Å². The standard InChI is InChI=1S/C27H35N7O5/c1-31(2)15-24(35)33-8-7-30-26(37)20-9-19(12-29-13-20)18-5-4-6-23(10-18)39-17-22-11-21(32(3)27(28)38)14-34(22)25(36)16-33/h4-6,9-10,12-13,21-22H,7-8,11,14-17H2,1-3H3,(H2,28,38)(H,30,37)/t21-,22+/m1/s1. The van der Waals surface area contributed by atoms with Crippen molar-refractivity contribution >= 4 is 23.8 Å². The predicted octanol–water partition coefficient (Wildman–Crippen LogP) is 0.241. The van der Waals surface area contributed by atoms with Gasteiger partial charge in [-0.2, -0.15) is 0 Å². The van der Waals surface area contributed by atoms with Crippen molar-refractivity contribution in [2.24, 2.45) is 5.73 Å². The SMILES string of the molecule is CN(C)CC(=O)N1CCNC(=O)c2cncc(c2)-c2cccc(c2)OC[C@@H]2C[C@@H](N(C)C(N)=O)CN2C(=O)C1. The van der Waals surface area contributed by atoms with E-state index in [1.165, 1.54) is 16.0 Å². The van der Waals surface area contributed by atoms with Crippen LogP contribution in [0.1, 0.15) is 16.8 Å². The number of rotatable bonds is 3. The van der Waals surface area contributed by atoms with Crippen molar-refractivity contribution in [2.45, 2.75) is 18.5 Å². The molecule has 12 nitrogen and oxygen atoms in total. The Labute approximate surface area is 227 Å². The average Bonchev–Trinajstić information content (AvgIpc) is 3.34. The summed E-state index contributed by atoms with van der Waals surface area (Å²) in [6.07, 6.45) is 3.64. The first-order valence-corrected chi connectivity index (χ1v) is 12.8. The van der Waals surface area contributed by atoms with E-state index < -0.39 is 6.03 Å². The third kappa shape index (κ3) is 6.82. The Morgan fingerprint density at radius 1 is 1.13 bits per heavy atom. The number of urea groups is 1. The number of nitrogens with two attached hydrogens (primary N) is 1. The lowest BCUT2D eigenvalue weighted by atomic mass is 10.1. The summed E-state index contributed by atoms with van der Waals surface area (Å²) in [6.45, 7) is 0.724. The van der Waals surface area contributed by atoms with Gasteiger partial charge >= 0.3 is 6.03 Å². The summed E-state index contributed by atoms with van der Waals surface area (Å²) in [5, 5.41) is 2.83. The first kappa shape index (κ1) is 27.8. The van der Waals surface area contributed by atoms with E-state index in [1.807, 2.05) is 24.3 Å². The quantitative estimate of drug-likeness (QED) is 0.571. The van der Waals surface area contributed by atoms with E-state index in [-0.39, 0.29) is 69.1 Å². The van der Waals surface area contributed by atoms with Crippen molar-refractivity contribution in [3.63, 3.8) is 0 Å². The number of nitrogens with zero attached hydrogens (tertiary/aromatic N) is 5. The van der Waals surface area contributed by atoms with Gasteiger partial charge in [0, 0.05) is 44.6 Å². The summed E-state index contributed by atoms with van der Waals surface area (Å²) >= 11 is 0. The van der Waals surface area contributed by atoms with Crippen LogP contribution in [0.5, 0.6) is 5.75 Å². The smallest absolute Gasteiger partial charge is 0.314 e. The lowest BCUT2D eigenvalue weighted by Gasteiger charge is -2.29. The number of ether oxygens (including phenoxy) is 1. The molecule has 2 aliphatic heterocycles. The molecule has 1 fully saturated rings. The Morgan fingerprint density at radius 3 is 2.64 bits per heavy atom. The third-order valence-electron chi connectivity index (χ3n) is 7.02. The number of carbonyl (C=O) groups excluding carboxylic acids is 4. The highest BCUT2D eigenvalue weighted by Gasteiger charge is 2.39. The van der Waals surface area contributed by atoms with Gasteiger partial charge in [0.15, 0.2) is 0 Å². The van der Waals surface area contributed by atoms with E-state index in [1.54, 1.807) is 43.2 Å². The molecule has 4 bridgehead atoms. The molecule has 5 amide bonds. The largest absolute Gasteiger partial charge is 0.491 e. The highest BCUT2D eigenvalue weighted by molar-refractivity contribution is 5.95. The second kappa shape index (κ2) is 12.1. The van der Waals surface area contributed by atoms with E-state index in [4.69, 9.17) is 10.5 Å². The first-order valence-electron chi connectivity index (χ1n) is 12.8. The van der Waals surface area contributed by atoms with Gasteiger partial charge in [0.1, 0.15) is 12.4 Å². The molecule has 3 N–H and O–H groups in total. The van der Waals surface area contributed by atoms with E-state index in [0.29, 0.717) is 17.7 Å². The number of primary amides is 1. The molecule has 3 heterocycles. The van der Waals surface area contributed by atoms with E-state index in [0.717, 1.165) is 11.1 Å². The molecule has 0 spiro atoms. The number of fused-ring (bicyclic) bond motifs is 6. The molecular formula is C27H35N7O5. The highest BCUT2D eigenvalue weighted by Crippen LogP contribution is 2.27. The number of amides is 5. The molecule has 0 aliphatic carbocycles. The van der Waals surface area contributed by atoms with Crippen LogP contribution in [0, 0.1) is 0 Å². The van der Waals surface area contributed by atoms with Crippen LogP contribution >= 0.6 is 0 Å². The molecule has 12 heteroatoms. The maximum atomic E-state index is 13.6. The van der Waals surface area contributed by atoms with Gasteiger partial charge in [-0.05, 0) is 44.3 Å². The Morgan fingerprint density at radius 2 is 1.90 bits per heavy atom. The van der Waals surface area contributed by atoms with Crippen molar-refractivity contribution in [1.82, 2.24) is 29.9 Å². The van der Waals surface area contributed by atoms with Crippen molar-refractivity contribution in [3.8, 4) is 16.9 Å². The Balaban J connectivity index is 1.66. The summed E-state index contributed by atoms with van der Waals surface area (Å²) in [5.74, 6) is -0.243. The maximum Gasteiger partial charge on any atom is 0.314 e. The molecule has 39 heavy (non-hydrogen) atoms. The fourth-order valence-electron chi connectivity index (χ4n) is 4.82. The van der Waals surface area contributed by atoms with E-state index in [9.17, 15) is 19.2 Å². The average molecular weight is 538 g/mol. The maximum absolute atomic E-state index is 13.6. The van der Waals surface area contributed by atoms with Gasteiger partial charge in [-0.1, -0.05) is 12.1 Å². The van der Waals surface area contributed by atoms with Crippen LogP contribution in [0.4, 0.5) is 4.79 Å². The molecule has 208 valence electrons. The zero-order valence-electron chi connectivity index (χ0n) is 22.5. The van der Waals surface area contributed by atoms with Crippen LogP contribution in [0.15, 0.2) is 42.7 Å². The second-order valence-electron chi connectivity index (χ2n) is 10.1. The zero-order valence-corrected chi connectivity index (χ0v) is 22.5. The lowest BCUT2D eigenvalue weighted by molar-refractivity contribution is -0.141. The molecule has 1 aromatic heterocycles. The van der Waals surface area contributed by atoms with Crippen LogP contribution in [0.3, 0.4) is 0 Å². The first-order chi connectivity index (χ1) is 18.6. The zero-order chi connectivity index (χ0) is 28.1. The van der Waals surface area contributed by atoms with Crippen LogP contribution < -0.4 is 15.8 Å². The summed E-state index contributed by atoms with van der Waals surface area (Å²) < 4.78 is 6.13. The number of carbonyl (C=O) groups is 4. The van der Waals surface area contributed by atoms with Crippen LogP contribution in [-0.4, -0.2) is 121 Å². The summed E-state index contributed by atoms with van der Waals surface area (Å²) in [7, 11) is 5.15. The minimum atomic E-state index is -0.578. The number of benzene rings is 1. The summed E-state index contributed by atoms with van der Waals surface area (Å²) in [5.41, 5.74) is 7.47. The number of aromatic nitrogens is 1. The van der Waals surface area contributed by atoms with Gasteiger partial charge in [-0.25, -0.2) is 4.79 Å². The number of hydrogen-bond donors (Lipinski definition) is 2. The van der Waals surface area contributed by atoms with Crippen LogP contribution in [0.25, 0.3) is 11.1 Å². The Kier molecular flexibility index (Phi) is 8.65. The predicted molar refractivity (Wildman–Crippen MR) is 144 cm³/mol. The molecule has 1 saturated heterocycles. The normalized spacial score (nSPS) is 20.1. The van der Waals surface area contributed by atoms with Gasteiger partial charge in [-0.3, -0.25) is 19.4 Å².